The Morgan fingerprint density at radius 1 is 1.28 bits per heavy atom. The summed E-state index contributed by atoms with van der Waals surface area (Å²) in [7, 11) is -0.563. The predicted molar refractivity (Wildman–Crippen MR) is 78.0 cm³/mol. The van der Waals surface area contributed by atoms with E-state index < -0.39 is 10.8 Å². The molecule has 1 aliphatic heterocycles. The van der Waals surface area contributed by atoms with Crippen LogP contribution in [0.15, 0.2) is 0 Å². The number of hydrogen-bond donors (Lipinski definition) is 1. The van der Waals surface area contributed by atoms with Crippen molar-refractivity contribution in [2.24, 2.45) is 23.5 Å². The van der Waals surface area contributed by atoms with Crippen LogP contribution in [0.2, 0.25) is 0 Å². The quantitative estimate of drug-likeness (QED) is 0.846. The molecule has 3 atom stereocenters. The van der Waals surface area contributed by atoms with Gasteiger partial charge < -0.3 is 10.6 Å². The maximum Gasteiger partial charge on any atom is 0.0363 e. The van der Waals surface area contributed by atoms with Crippen LogP contribution in [0.1, 0.15) is 33.1 Å². The molecule has 0 spiro atoms. The number of nitrogens with zero attached hydrogens (tertiary/aromatic N) is 1. The Morgan fingerprint density at radius 2 is 1.94 bits per heavy atom. The van der Waals surface area contributed by atoms with Crippen molar-refractivity contribution in [2.45, 2.75) is 39.2 Å². The normalized spacial score (nSPS) is 36.1. The standard InChI is InChI=1S/C14H28N2OS/c1-11(2)12-3-4-14(15)13(9-12)10-16-5-7-18(17)8-6-16/h11-14H,3-10,15H2,1-2H3. The van der Waals surface area contributed by atoms with Crippen molar-refractivity contribution in [2.75, 3.05) is 31.1 Å². The summed E-state index contributed by atoms with van der Waals surface area (Å²) in [6.45, 7) is 7.80. The Balaban J connectivity index is 1.84. The zero-order chi connectivity index (χ0) is 13.1. The van der Waals surface area contributed by atoms with Crippen molar-refractivity contribution in [3.8, 4) is 0 Å². The second-order valence-corrected chi connectivity index (χ2v) is 8.09. The topological polar surface area (TPSA) is 46.3 Å². The Morgan fingerprint density at radius 3 is 2.56 bits per heavy atom. The molecular weight excluding hydrogens is 244 g/mol. The summed E-state index contributed by atoms with van der Waals surface area (Å²) in [5.41, 5.74) is 6.30. The minimum Gasteiger partial charge on any atom is -0.327 e. The zero-order valence-electron chi connectivity index (χ0n) is 11.8. The largest absolute Gasteiger partial charge is 0.327 e. The third kappa shape index (κ3) is 3.78. The highest BCUT2D eigenvalue weighted by Gasteiger charge is 2.31. The summed E-state index contributed by atoms with van der Waals surface area (Å²) in [5, 5.41) is 0. The molecular formula is C14H28N2OS. The van der Waals surface area contributed by atoms with E-state index in [9.17, 15) is 4.21 Å². The van der Waals surface area contributed by atoms with E-state index in [1.807, 2.05) is 0 Å². The molecule has 3 unspecified atom stereocenters. The van der Waals surface area contributed by atoms with Gasteiger partial charge in [0.05, 0.1) is 0 Å². The third-order valence-electron chi connectivity index (χ3n) is 4.79. The lowest BCUT2D eigenvalue weighted by molar-refractivity contribution is 0.142. The minimum absolute atomic E-state index is 0.382. The lowest BCUT2D eigenvalue weighted by Crippen LogP contribution is -2.47. The van der Waals surface area contributed by atoms with Gasteiger partial charge in [-0.1, -0.05) is 13.8 Å². The van der Waals surface area contributed by atoms with E-state index in [2.05, 4.69) is 18.7 Å². The summed E-state index contributed by atoms with van der Waals surface area (Å²) in [6, 6.07) is 0.382. The van der Waals surface area contributed by atoms with Gasteiger partial charge in [0.15, 0.2) is 0 Å². The SMILES string of the molecule is CC(C)C1CCC(N)C(CN2CCS(=O)CC2)C1. The smallest absolute Gasteiger partial charge is 0.0363 e. The highest BCUT2D eigenvalue weighted by Crippen LogP contribution is 2.33. The summed E-state index contributed by atoms with van der Waals surface area (Å²) in [4.78, 5) is 2.48. The maximum atomic E-state index is 11.4. The fourth-order valence-electron chi connectivity index (χ4n) is 3.33. The van der Waals surface area contributed by atoms with Crippen LogP contribution in [0.3, 0.4) is 0 Å². The molecule has 0 amide bonds. The van der Waals surface area contributed by atoms with Gasteiger partial charge in [-0.2, -0.15) is 0 Å². The Kier molecular flexibility index (Phi) is 5.22. The summed E-state index contributed by atoms with van der Waals surface area (Å²) < 4.78 is 11.4. The Labute approximate surface area is 114 Å². The van der Waals surface area contributed by atoms with E-state index >= 15 is 0 Å². The molecule has 1 saturated carbocycles. The molecule has 0 aromatic rings. The van der Waals surface area contributed by atoms with Crippen LogP contribution in [-0.4, -0.2) is 46.3 Å². The average Bonchev–Trinajstić information content (AvgIpc) is 2.34. The van der Waals surface area contributed by atoms with Gasteiger partial charge in [-0.15, -0.1) is 0 Å². The van der Waals surface area contributed by atoms with Crippen molar-refractivity contribution < 1.29 is 4.21 Å². The number of nitrogens with two attached hydrogens (primary N) is 1. The van der Waals surface area contributed by atoms with Crippen LogP contribution in [0.4, 0.5) is 0 Å². The predicted octanol–water partition coefficient (Wildman–Crippen LogP) is 1.45. The van der Waals surface area contributed by atoms with Gasteiger partial charge in [0, 0.05) is 48.0 Å². The van der Waals surface area contributed by atoms with Crippen molar-refractivity contribution in [3.63, 3.8) is 0 Å². The second kappa shape index (κ2) is 6.49. The second-order valence-electron chi connectivity index (χ2n) is 6.39. The van der Waals surface area contributed by atoms with Crippen molar-refractivity contribution in [1.82, 2.24) is 4.90 Å². The molecule has 2 fully saturated rings. The molecule has 1 aliphatic carbocycles. The highest BCUT2D eigenvalue weighted by molar-refractivity contribution is 7.85. The van der Waals surface area contributed by atoms with E-state index in [4.69, 9.17) is 5.73 Å². The molecule has 2 aliphatic rings. The van der Waals surface area contributed by atoms with Crippen molar-refractivity contribution >= 4 is 10.8 Å². The Bertz CT molecular complexity index is 286. The molecule has 4 heteroatoms. The Hall–Kier alpha value is 0.0700. The monoisotopic (exact) mass is 272 g/mol. The average molecular weight is 272 g/mol. The molecule has 1 heterocycles. The van der Waals surface area contributed by atoms with Crippen LogP contribution in [0, 0.1) is 17.8 Å². The van der Waals surface area contributed by atoms with Crippen molar-refractivity contribution in [1.29, 1.82) is 0 Å². The maximum absolute atomic E-state index is 11.4. The van der Waals surface area contributed by atoms with Gasteiger partial charge in [0.25, 0.3) is 0 Å². The fraction of sp³-hybridized carbons (Fsp3) is 1.00. The first-order chi connectivity index (χ1) is 8.56. The van der Waals surface area contributed by atoms with Gasteiger partial charge in [-0.25, -0.2) is 0 Å². The summed E-state index contributed by atoms with van der Waals surface area (Å²) in [5.74, 6) is 4.01. The van der Waals surface area contributed by atoms with E-state index in [0.29, 0.717) is 12.0 Å². The van der Waals surface area contributed by atoms with Crippen molar-refractivity contribution in [3.05, 3.63) is 0 Å². The summed E-state index contributed by atoms with van der Waals surface area (Å²) in [6.07, 6.45) is 3.78. The zero-order valence-corrected chi connectivity index (χ0v) is 12.6. The molecule has 3 nitrogen and oxygen atoms in total. The van der Waals surface area contributed by atoms with Crippen LogP contribution in [0.5, 0.6) is 0 Å². The van der Waals surface area contributed by atoms with Crippen LogP contribution >= 0.6 is 0 Å². The van der Waals surface area contributed by atoms with Crippen LogP contribution < -0.4 is 5.73 Å². The minimum atomic E-state index is -0.563. The first-order valence-electron chi connectivity index (χ1n) is 7.39. The van der Waals surface area contributed by atoms with E-state index in [1.165, 1.54) is 19.3 Å². The van der Waals surface area contributed by atoms with E-state index in [-0.39, 0.29) is 0 Å². The van der Waals surface area contributed by atoms with Crippen LogP contribution in [0.25, 0.3) is 0 Å². The molecule has 0 aromatic carbocycles. The first-order valence-corrected chi connectivity index (χ1v) is 8.88. The lowest BCUT2D eigenvalue weighted by atomic mass is 9.73. The molecule has 18 heavy (non-hydrogen) atoms. The molecule has 0 bridgehead atoms. The highest BCUT2D eigenvalue weighted by atomic mass is 32.2. The molecule has 1 saturated heterocycles. The molecule has 0 aromatic heterocycles. The molecule has 2 N–H and O–H groups in total. The van der Waals surface area contributed by atoms with Gasteiger partial charge >= 0.3 is 0 Å². The first kappa shape index (κ1) is 14.5. The van der Waals surface area contributed by atoms with Gasteiger partial charge in [-0.3, -0.25) is 4.21 Å². The van der Waals surface area contributed by atoms with Crippen LogP contribution in [-0.2, 0) is 10.8 Å². The van der Waals surface area contributed by atoms with E-state index in [0.717, 1.165) is 43.0 Å². The molecule has 106 valence electrons. The number of rotatable bonds is 3. The summed E-state index contributed by atoms with van der Waals surface area (Å²) >= 11 is 0. The lowest BCUT2D eigenvalue weighted by Gasteiger charge is -2.39. The molecule has 0 radical (unpaired) electrons. The van der Waals surface area contributed by atoms with Gasteiger partial charge in [0.1, 0.15) is 0 Å². The number of hydrogen-bond acceptors (Lipinski definition) is 3. The van der Waals surface area contributed by atoms with E-state index in [1.54, 1.807) is 0 Å². The molecule has 2 rings (SSSR count). The fourth-order valence-corrected chi connectivity index (χ4v) is 4.46. The van der Waals surface area contributed by atoms with Gasteiger partial charge in [0.2, 0.25) is 0 Å². The third-order valence-corrected chi connectivity index (χ3v) is 6.06. The van der Waals surface area contributed by atoms with Gasteiger partial charge in [-0.05, 0) is 37.0 Å².